The Labute approximate surface area is 131 Å². The lowest BCUT2D eigenvalue weighted by Gasteiger charge is -2.07. The third-order valence-corrected chi connectivity index (χ3v) is 3.19. The van der Waals surface area contributed by atoms with Crippen LogP contribution in [0.15, 0.2) is 65.8 Å². The van der Waals surface area contributed by atoms with Crippen molar-refractivity contribution in [2.75, 3.05) is 5.32 Å². The molecule has 0 aliphatic heterocycles. The molecule has 108 valence electrons. The molecule has 0 radical (unpaired) electrons. The van der Waals surface area contributed by atoms with Crippen molar-refractivity contribution in [3.8, 4) is 0 Å². The number of hydrogen-bond acceptors (Lipinski definition) is 2. The van der Waals surface area contributed by atoms with Gasteiger partial charge in [0.15, 0.2) is 5.11 Å². The van der Waals surface area contributed by atoms with Crippen LogP contribution in [0.2, 0.25) is 0 Å². The van der Waals surface area contributed by atoms with E-state index in [1.807, 2.05) is 43.3 Å². The van der Waals surface area contributed by atoms with Gasteiger partial charge in [0.25, 0.3) is 0 Å². The van der Waals surface area contributed by atoms with E-state index < -0.39 is 0 Å². The Morgan fingerprint density at radius 1 is 1.00 bits per heavy atom. The lowest BCUT2D eigenvalue weighted by Crippen LogP contribution is -2.24. The minimum absolute atomic E-state index is 0.500. The van der Waals surface area contributed by atoms with E-state index in [4.69, 9.17) is 12.2 Å². The molecule has 0 bridgehead atoms. The first-order chi connectivity index (χ1) is 10.2. The average Bonchev–Trinajstić information content (AvgIpc) is 2.53. The van der Waals surface area contributed by atoms with E-state index >= 15 is 0 Å². The summed E-state index contributed by atoms with van der Waals surface area (Å²) in [6.07, 6.45) is 1.89. The summed E-state index contributed by atoms with van der Waals surface area (Å²) >= 11 is 5.20. The normalized spacial score (nSPS) is 11.0. The van der Waals surface area contributed by atoms with Crippen molar-refractivity contribution in [2.24, 2.45) is 5.10 Å². The molecule has 0 amide bonds. The maximum Gasteiger partial charge on any atom is 0.191 e. The second kappa shape index (κ2) is 8.17. The minimum atomic E-state index is 0.500. The van der Waals surface area contributed by atoms with Crippen molar-refractivity contribution in [2.45, 2.75) is 19.8 Å². The first-order valence-corrected chi connectivity index (χ1v) is 7.34. The van der Waals surface area contributed by atoms with Crippen LogP contribution in [-0.2, 0) is 6.42 Å². The molecule has 0 saturated carbocycles. The zero-order chi connectivity index (χ0) is 14.9. The molecule has 2 N–H and O–H groups in total. The number of thiocarbonyl (C=S) groups is 1. The van der Waals surface area contributed by atoms with Gasteiger partial charge in [0.05, 0.1) is 0 Å². The first kappa shape index (κ1) is 15.2. The number of benzene rings is 2. The zero-order valence-corrected chi connectivity index (χ0v) is 12.9. The van der Waals surface area contributed by atoms with E-state index in [0.29, 0.717) is 5.11 Å². The van der Waals surface area contributed by atoms with Gasteiger partial charge in [-0.25, -0.2) is 0 Å². The summed E-state index contributed by atoms with van der Waals surface area (Å²) in [7, 11) is 0. The van der Waals surface area contributed by atoms with Crippen LogP contribution in [0.25, 0.3) is 0 Å². The molecule has 0 aromatic heterocycles. The van der Waals surface area contributed by atoms with Gasteiger partial charge >= 0.3 is 0 Å². The van der Waals surface area contributed by atoms with E-state index in [-0.39, 0.29) is 0 Å². The van der Waals surface area contributed by atoms with Gasteiger partial charge in [0, 0.05) is 11.4 Å². The van der Waals surface area contributed by atoms with Crippen molar-refractivity contribution in [3.05, 3.63) is 66.2 Å². The Bertz CT molecular complexity index is 594. The number of nitrogens with one attached hydrogen (secondary N) is 2. The van der Waals surface area contributed by atoms with Crippen LogP contribution in [-0.4, -0.2) is 10.8 Å². The fraction of sp³-hybridized carbons (Fsp3) is 0.176. The predicted octanol–water partition coefficient (Wildman–Crippen LogP) is 3.98. The van der Waals surface area contributed by atoms with Crippen molar-refractivity contribution >= 4 is 28.7 Å². The van der Waals surface area contributed by atoms with Gasteiger partial charge in [-0.2, -0.15) is 5.10 Å². The lowest BCUT2D eigenvalue weighted by molar-refractivity contribution is 0.972. The van der Waals surface area contributed by atoms with Crippen molar-refractivity contribution in [3.63, 3.8) is 0 Å². The molecule has 0 aliphatic rings. The summed E-state index contributed by atoms with van der Waals surface area (Å²) in [5.41, 5.74) is 6.17. The smallest absolute Gasteiger partial charge is 0.191 e. The summed E-state index contributed by atoms with van der Waals surface area (Å²) in [6.45, 7) is 2.00. The minimum Gasteiger partial charge on any atom is -0.331 e. The van der Waals surface area contributed by atoms with Crippen LogP contribution >= 0.6 is 12.2 Å². The van der Waals surface area contributed by atoms with Gasteiger partial charge in [-0.1, -0.05) is 48.5 Å². The molecule has 0 unspecified atom stereocenters. The Morgan fingerprint density at radius 3 is 2.29 bits per heavy atom. The Kier molecular flexibility index (Phi) is 5.91. The monoisotopic (exact) mass is 297 g/mol. The molecule has 2 aromatic rings. The zero-order valence-electron chi connectivity index (χ0n) is 12.0. The average molecular weight is 297 g/mol. The fourth-order valence-electron chi connectivity index (χ4n) is 1.85. The molecule has 2 aromatic carbocycles. The van der Waals surface area contributed by atoms with E-state index in [0.717, 1.165) is 24.2 Å². The first-order valence-electron chi connectivity index (χ1n) is 6.93. The van der Waals surface area contributed by atoms with E-state index in [9.17, 15) is 0 Å². The van der Waals surface area contributed by atoms with Crippen LogP contribution in [0.1, 0.15) is 18.9 Å². The molecule has 0 atom stereocenters. The summed E-state index contributed by atoms with van der Waals surface area (Å²) in [5.74, 6) is 0. The molecule has 21 heavy (non-hydrogen) atoms. The Hall–Kier alpha value is -2.20. The van der Waals surface area contributed by atoms with Gasteiger partial charge in [0.2, 0.25) is 0 Å². The number of nitrogens with zero attached hydrogens (tertiary/aromatic N) is 1. The highest BCUT2D eigenvalue weighted by Gasteiger charge is 1.97. The molecular weight excluding hydrogens is 278 g/mol. The molecule has 0 fully saturated rings. The van der Waals surface area contributed by atoms with E-state index in [2.05, 4.69) is 40.1 Å². The van der Waals surface area contributed by atoms with Crippen molar-refractivity contribution in [1.82, 2.24) is 5.43 Å². The van der Waals surface area contributed by atoms with Crippen LogP contribution in [0, 0.1) is 0 Å². The van der Waals surface area contributed by atoms with Gasteiger partial charge in [0.1, 0.15) is 0 Å². The van der Waals surface area contributed by atoms with E-state index in [1.54, 1.807) is 0 Å². The van der Waals surface area contributed by atoms with Gasteiger partial charge in [-0.05, 0) is 49.7 Å². The third-order valence-electron chi connectivity index (χ3n) is 3.00. The standard InChI is InChI=1S/C17H19N3S/c1-14(12-13-15-8-4-2-5-9-15)19-20-17(21)18-16-10-6-3-7-11-16/h2-11H,12-13H2,1H3,(H2,18,20,21)/b19-14-. The summed E-state index contributed by atoms with van der Waals surface area (Å²) in [4.78, 5) is 0. The molecule has 0 heterocycles. The highest BCUT2D eigenvalue weighted by molar-refractivity contribution is 7.80. The molecular formula is C17H19N3S. The lowest BCUT2D eigenvalue weighted by atomic mass is 10.1. The molecule has 0 aliphatic carbocycles. The highest BCUT2D eigenvalue weighted by Crippen LogP contribution is 2.05. The van der Waals surface area contributed by atoms with Crippen LogP contribution < -0.4 is 10.7 Å². The number of rotatable bonds is 5. The number of hydrazone groups is 1. The van der Waals surface area contributed by atoms with Gasteiger partial charge < -0.3 is 5.32 Å². The number of aryl methyl sites for hydroxylation is 1. The highest BCUT2D eigenvalue weighted by atomic mass is 32.1. The molecule has 2 rings (SSSR count). The number of para-hydroxylation sites is 1. The second-order valence-corrected chi connectivity index (χ2v) is 5.17. The number of hydrogen-bond donors (Lipinski definition) is 2. The van der Waals surface area contributed by atoms with Gasteiger partial charge in [-0.3, -0.25) is 5.43 Å². The number of anilines is 1. The quantitative estimate of drug-likeness (QED) is 0.498. The van der Waals surface area contributed by atoms with E-state index in [1.165, 1.54) is 5.56 Å². The summed E-state index contributed by atoms with van der Waals surface area (Å²) < 4.78 is 0. The van der Waals surface area contributed by atoms with Crippen molar-refractivity contribution in [1.29, 1.82) is 0 Å². The van der Waals surface area contributed by atoms with Gasteiger partial charge in [-0.15, -0.1) is 0 Å². The van der Waals surface area contributed by atoms with Crippen LogP contribution in [0.5, 0.6) is 0 Å². The fourth-order valence-corrected chi connectivity index (χ4v) is 2.02. The maximum absolute atomic E-state index is 5.20. The molecule has 0 spiro atoms. The van der Waals surface area contributed by atoms with Crippen molar-refractivity contribution < 1.29 is 0 Å². The van der Waals surface area contributed by atoms with Crippen LogP contribution in [0.3, 0.4) is 0 Å². The maximum atomic E-state index is 5.20. The SMILES string of the molecule is C/C(CCc1ccccc1)=N/NC(=S)Nc1ccccc1. The Morgan fingerprint density at radius 2 is 1.62 bits per heavy atom. The summed E-state index contributed by atoms with van der Waals surface area (Å²) in [5, 5.41) is 7.88. The molecule has 0 saturated heterocycles. The topological polar surface area (TPSA) is 36.4 Å². The largest absolute Gasteiger partial charge is 0.331 e. The third kappa shape index (κ3) is 5.75. The predicted molar refractivity (Wildman–Crippen MR) is 93.7 cm³/mol. The van der Waals surface area contributed by atoms with Crippen LogP contribution in [0.4, 0.5) is 5.69 Å². The molecule has 3 nitrogen and oxygen atoms in total. The Balaban J connectivity index is 1.76. The molecule has 4 heteroatoms. The second-order valence-electron chi connectivity index (χ2n) is 4.76. The summed E-state index contributed by atoms with van der Waals surface area (Å²) in [6, 6.07) is 20.2.